The number of hydrogen-bond acceptors (Lipinski definition) is 5. The Bertz CT molecular complexity index is 515. The molecule has 0 aliphatic heterocycles. The van der Waals surface area contributed by atoms with Crippen molar-refractivity contribution >= 4 is 22.6 Å². The summed E-state index contributed by atoms with van der Waals surface area (Å²) in [5, 5.41) is 3.77. The van der Waals surface area contributed by atoms with E-state index in [-0.39, 0.29) is 5.56 Å². The van der Waals surface area contributed by atoms with Crippen LogP contribution in [0.15, 0.2) is 11.1 Å². The molecule has 0 saturated carbocycles. The predicted molar refractivity (Wildman–Crippen MR) is 48.4 cm³/mol. The molecule has 2 aromatic rings. The zero-order valence-corrected chi connectivity index (χ0v) is 7.74. The van der Waals surface area contributed by atoms with Gasteiger partial charge in [0.25, 0.3) is 5.56 Å². The van der Waals surface area contributed by atoms with Gasteiger partial charge in [-0.15, -0.1) is 0 Å². The quantitative estimate of drug-likeness (QED) is 0.660. The molecule has 2 heterocycles. The zero-order valence-electron chi connectivity index (χ0n) is 6.93. The molecule has 0 aromatic carbocycles. The minimum absolute atomic E-state index is 0.175. The second-order valence-electron chi connectivity index (χ2n) is 2.30. The van der Waals surface area contributed by atoms with Gasteiger partial charge < -0.3 is 4.74 Å². The summed E-state index contributed by atoms with van der Waals surface area (Å²) >= 11 is 1.27. The monoisotopic (exact) mass is 197 g/mol. The fourth-order valence-corrected chi connectivity index (χ4v) is 1.72. The summed E-state index contributed by atoms with van der Waals surface area (Å²) in [5.41, 5.74) is -0.175. The van der Waals surface area contributed by atoms with Crippen molar-refractivity contribution in [2.75, 3.05) is 6.61 Å². The normalized spacial score (nSPS) is 12.5. The lowest BCUT2D eigenvalue weighted by molar-refractivity contribution is 0.316. The number of rotatable bonds is 2. The van der Waals surface area contributed by atoms with Gasteiger partial charge in [-0.3, -0.25) is 4.79 Å². The summed E-state index contributed by atoms with van der Waals surface area (Å²) in [5.74, 6) is 0. The molecule has 0 spiro atoms. The minimum atomic E-state index is -0.175. The van der Waals surface area contributed by atoms with E-state index >= 15 is 0 Å². The number of fused-ring (bicyclic) bond motifs is 1. The van der Waals surface area contributed by atoms with Crippen LogP contribution in [0.25, 0.3) is 11.2 Å². The smallest absolute Gasteiger partial charge is 0.294 e. The molecule has 0 aliphatic rings. The maximum Gasteiger partial charge on any atom is 0.294 e. The molecule has 2 aromatic heterocycles. The van der Waals surface area contributed by atoms with Crippen molar-refractivity contribution in [2.45, 2.75) is 6.92 Å². The summed E-state index contributed by atoms with van der Waals surface area (Å²) in [6.07, 6.45) is 2.81. The van der Waals surface area contributed by atoms with Gasteiger partial charge in [0.05, 0.1) is 6.61 Å². The Labute approximate surface area is 77.3 Å². The first kappa shape index (κ1) is 8.18. The highest BCUT2D eigenvalue weighted by Gasteiger charge is 2.04. The molecule has 68 valence electrons. The van der Waals surface area contributed by atoms with E-state index in [1.807, 2.05) is 6.92 Å². The number of thiazole rings is 1. The van der Waals surface area contributed by atoms with Crippen molar-refractivity contribution in [3.05, 3.63) is 21.2 Å². The van der Waals surface area contributed by atoms with Gasteiger partial charge in [-0.1, -0.05) is 11.3 Å². The summed E-state index contributed by atoms with van der Waals surface area (Å²) in [7, 11) is 0. The molecule has 0 amide bonds. The molecular weight excluding hydrogens is 190 g/mol. The first-order valence-electron chi connectivity index (χ1n) is 3.77. The van der Waals surface area contributed by atoms with Gasteiger partial charge in [-0.2, -0.15) is 9.61 Å². The van der Waals surface area contributed by atoms with Crippen LogP contribution in [0.2, 0.25) is 0 Å². The third-order valence-corrected chi connectivity index (χ3v) is 2.43. The van der Waals surface area contributed by atoms with E-state index in [9.17, 15) is 4.79 Å². The molecular formula is C7H7N3O2S. The van der Waals surface area contributed by atoms with Crippen LogP contribution in [-0.4, -0.2) is 21.2 Å². The number of nitrogens with zero attached hydrogens (tertiary/aromatic N) is 3. The standard InChI is InChI=1S/C7H7N3O2S/c1-2-12-3-5-6(11)10-7(13-5)8-4-9-10/h3-4H,2H2,1H3/b5-3-. The van der Waals surface area contributed by atoms with Gasteiger partial charge in [0.2, 0.25) is 4.96 Å². The topological polar surface area (TPSA) is 56.5 Å². The van der Waals surface area contributed by atoms with Gasteiger partial charge in [0, 0.05) is 0 Å². The minimum Gasteiger partial charge on any atom is -0.500 e. The molecule has 0 saturated heterocycles. The van der Waals surface area contributed by atoms with Gasteiger partial charge in [-0.25, -0.2) is 4.98 Å². The fraction of sp³-hybridized carbons (Fsp3) is 0.286. The molecule has 0 N–H and O–H groups in total. The fourth-order valence-electron chi connectivity index (χ4n) is 0.920. The van der Waals surface area contributed by atoms with Crippen molar-refractivity contribution < 1.29 is 4.74 Å². The van der Waals surface area contributed by atoms with Crippen molar-refractivity contribution in [3.63, 3.8) is 0 Å². The molecule has 13 heavy (non-hydrogen) atoms. The maximum atomic E-state index is 11.5. The van der Waals surface area contributed by atoms with Crippen LogP contribution < -0.4 is 10.1 Å². The summed E-state index contributed by atoms with van der Waals surface area (Å²) in [6, 6.07) is 0. The third-order valence-electron chi connectivity index (χ3n) is 1.48. The lowest BCUT2D eigenvalue weighted by Crippen LogP contribution is -2.23. The van der Waals surface area contributed by atoms with Crippen molar-refractivity contribution in [1.29, 1.82) is 0 Å². The molecule has 5 nitrogen and oxygen atoms in total. The van der Waals surface area contributed by atoms with Crippen LogP contribution in [-0.2, 0) is 4.74 Å². The lowest BCUT2D eigenvalue weighted by atomic mass is 10.7. The Morgan fingerprint density at radius 1 is 1.77 bits per heavy atom. The summed E-state index contributed by atoms with van der Waals surface area (Å²) in [4.78, 5) is 16.0. The highest BCUT2D eigenvalue weighted by molar-refractivity contribution is 7.14. The Hall–Kier alpha value is -1.43. The molecule has 0 bridgehead atoms. The first-order chi connectivity index (χ1) is 6.33. The lowest BCUT2D eigenvalue weighted by Gasteiger charge is -1.87. The molecule has 0 radical (unpaired) electrons. The Morgan fingerprint density at radius 2 is 2.62 bits per heavy atom. The van der Waals surface area contributed by atoms with E-state index in [0.717, 1.165) is 0 Å². The van der Waals surface area contributed by atoms with E-state index in [2.05, 4.69) is 10.1 Å². The van der Waals surface area contributed by atoms with Gasteiger partial charge in [0.1, 0.15) is 17.1 Å². The van der Waals surface area contributed by atoms with Crippen molar-refractivity contribution in [3.8, 4) is 0 Å². The van der Waals surface area contributed by atoms with Crippen LogP contribution in [0.5, 0.6) is 0 Å². The highest BCUT2D eigenvalue weighted by Crippen LogP contribution is 1.95. The summed E-state index contributed by atoms with van der Waals surface area (Å²) in [6.45, 7) is 2.41. The molecule has 0 atom stereocenters. The SMILES string of the molecule is CCO/C=c1\sc2ncnn2c1=O. The van der Waals surface area contributed by atoms with Crippen LogP contribution in [0.1, 0.15) is 6.92 Å². The van der Waals surface area contributed by atoms with E-state index < -0.39 is 0 Å². The zero-order chi connectivity index (χ0) is 9.26. The first-order valence-corrected chi connectivity index (χ1v) is 4.59. The Morgan fingerprint density at radius 3 is 3.31 bits per heavy atom. The van der Waals surface area contributed by atoms with E-state index in [4.69, 9.17) is 4.74 Å². The Balaban J connectivity index is 2.64. The highest BCUT2D eigenvalue weighted by atomic mass is 32.1. The van der Waals surface area contributed by atoms with Gasteiger partial charge in [-0.05, 0) is 6.92 Å². The number of hydrogen-bond donors (Lipinski definition) is 0. The van der Waals surface area contributed by atoms with Crippen LogP contribution in [0, 0.1) is 0 Å². The van der Waals surface area contributed by atoms with Crippen molar-refractivity contribution in [1.82, 2.24) is 14.6 Å². The van der Waals surface area contributed by atoms with Crippen LogP contribution in [0.4, 0.5) is 0 Å². The summed E-state index contributed by atoms with van der Waals surface area (Å²) < 4.78 is 6.80. The molecule has 6 heteroatoms. The van der Waals surface area contributed by atoms with E-state index in [0.29, 0.717) is 16.1 Å². The van der Waals surface area contributed by atoms with Gasteiger partial charge >= 0.3 is 0 Å². The molecule has 2 rings (SSSR count). The second kappa shape index (κ2) is 3.14. The van der Waals surface area contributed by atoms with Crippen LogP contribution >= 0.6 is 11.3 Å². The van der Waals surface area contributed by atoms with E-state index in [1.165, 1.54) is 28.4 Å². The van der Waals surface area contributed by atoms with Crippen LogP contribution in [0.3, 0.4) is 0 Å². The average molecular weight is 197 g/mol. The van der Waals surface area contributed by atoms with Crippen molar-refractivity contribution in [2.24, 2.45) is 0 Å². The number of aromatic nitrogens is 3. The molecule has 0 unspecified atom stereocenters. The predicted octanol–water partition coefficient (Wildman–Crippen LogP) is -0.356. The average Bonchev–Trinajstić information content (AvgIpc) is 2.67. The largest absolute Gasteiger partial charge is 0.500 e. The third kappa shape index (κ3) is 1.29. The van der Waals surface area contributed by atoms with Gasteiger partial charge in [0.15, 0.2) is 0 Å². The van der Waals surface area contributed by atoms with E-state index in [1.54, 1.807) is 0 Å². The maximum absolute atomic E-state index is 11.5. The molecule has 0 fully saturated rings. The second-order valence-corrected chi connectivity index (χ2v) is 3.31. The molecule has 0 aliphatic carbocycles. The Kier molecular flexibility index (Phi) is 1.97. The number of ether oxygens (including phenoxy) is 1.